The summed E-state index contributed by atoms with van der Waals surface area (Å²) in [4.78, 5) is 4.94. The highest BCUT2D eigenvalue weighted by Crippen LogP contribution is 2.27. The molecule has 3 nitrogen and oxygen atoms in total. The highest BCUT2D eigenvalue weighted by atomic mass is 35.5. The Bertz CT molecular complexity index is 441. The smallest absolute Gasteiger partial charge is 0.0426 e. The highest BCUT2D eigenvalue weighted by molar-refractivity contribution is 6.30. The number of nitrogens with two attached hydrogens (primary N) is 1. The number of anilines is 1. The summed E-state index contributed by atoms with van der Waals surface area (Å²) in [5.41, 5.74) is 7.35. The molecule has 2 rings (SSSR count). The van der Waals surface area contributed by atoms with Crippen molar-refractivity contribution >= 4 is 17.3 Å². The zero-order chi connectivity index (χ0) is 14.8. The van der Waals surface area contributed by atoms with Crippen molar-refractivity contribution in [3.05, 3.63) is 29.3 Å². The summed E-state index contributed by atoms with van der Waals surface area (Å²) in [5.74, 6) is 0.560. The van der Waals surface area contributed by atoms with E-state index >= 15 is 0 Å². The topological polar surface area (TPSA) is 32.5 Å². The summed E-state index contributed by atoms with van der Waals surface area (Å²) in [7, 11) is 0. The Morgan fingerprint density at radius 2 is 1.90 bits per heavy atom. The van der Waals surface area contributed by atoms with Gasteiger partial charge in [0, 0.05) is 49.0 Å². The minimum atomic E-state index is 0.0976. The van der Waals surface area contributed by atoms with Crippen LogP contribution in [0.15, 0.2) is 24.3 Å². The van der Waals surface area contributed by atoms with Crippen LogP contribution < -0.4 is 10.6 Å². The van der Waals surface area contributed by atoms with Gasteiger partial charge in [-0.3, -0.25) is 4.90 Å². The molecule has 0 aromatic heterocycles. The van der Waals surface area contributed by atoms with Gasteiger partial charge in [-0.15, -0.1) is 0 Å². The van der Waals surface area contributed by atoms with Gasteiger partial charge in [0.15, 0.2) is 0 Å². The Morgan fingerprint density at radius 1 is 1.25 bits per heavy atom. The Balaban J connectivity index is 2.02. The Morgan fingerprint density at radius 3 is 2.40 bits per heavy atom. The summed E-state index contributed by atoms with van der Waals surface area (Å²) in [5, 5.41) is 0.805. The summed E-state index contributed by atoms with van der Waals surface area (Å²) >= 11 is 6.08. The predicted molar refractivity (Wildman–Crippen MR) is 87.5 cm³/mol. The standard InChI is InChI=1S/C16H26ClN3/c1-13(2)16(3,12-18)20-9-7-19(8-10-20)15-6-4-5-14(17)11-15/h4-6,11,13H,7-10,12,18H2,1-3H3. The van der Waals surface area contributed by atoms with E-state index < -0.39 is 0 Å². The average Bonchev–Trinajstić information content (AvgIpc) is 2.46. The number of rotatable bonds is 4. The van der Waals surface area contributed by atoms with Crippen LogP contribution in [0.1, 0.15) is 20.8 Å². The van der Waals surface area contributed by atoms with Crippen LogP contribution in [0.3, 0.4) is 0 Å². The predicted octanol–water partition coefficient (Wildman–Crippen LogP) is 2.84. The van der Waals surface area contributed by atoms with Crippen LogP contribution in [0, 0.1) is 5.92 Å². The van der Waals surface area contributed by atoms with Gasteiger partial charge in [0.05, 0.1) is 0 Å². The quantitative estimate of drug-likeness (QED) is 0.927. The number of benzene rings is 1. The molecule has 1 atom stereocenters. The van der Waals surface area contributed by atoms with Gasteiger partial charge in [-0.1, -0.05) is 31.5 Å². The first kappa shape index (κ1) is 15.6. The van der Waals surface area contributed by atoms with Crippen molar-refractivity contribution in [2.24, 2.45) is 11.7 Å². The van der Waals surface area contributed by atoms with Crippen molar-refractivity contribution in [2.45, 2.75) is 26.3 Å². The Hall–Kier alpha value is -0.770. The zero-order valence-corrected chi connectivity index (χ0v) is 13.5. The van der Waals surface area contributed by atoms with Crippen LogP contribution in [0.2, 0.25) is 5.02 Å². The molecule has 1 aliphatic heterocycles. The highest BCUT2D eigenvalue weighted by Gasteiger charge is 2.35. The minimum absolute atomic E-state index is 0.0976. The summed E-state index contributed by atoms with van der Waals surface area (Å²) in [6.45, 7) is 11.7. The molecule has 1 unspecified atom stereocenters. The second-order valence-electron chi connectivity index (χ2n) is 6.17. The van der Waals surface area contributed by atoms with E-state index in [2.05, 4.69) is 36.6 Å². The Labute approximate surface area is 127 Å². The molecule has 0 radical (unpaired) electrons. The monoisotopic (exact) mass is 295 g/mol. The largest absolute Gasteiger partial charge is 0.369 e. The third-order valence-corrected chi connectivity index (χ3v) is 5.07. The first-order chi connectivity index (χ1) is 9.47. The molecule has 0 aliphatic carbocycles. The lowest BCUT2D eigenvalue weighted by molar-refractivity contribution is 0.0616. The molecule has 20 heavy (non-hydrogen) atoms. The van der Waals surface area contributed by atoms with Crippen molar-refractivity contribution in [1.29, 1.82) is 0 Å². The van der Waals surface area contributed by atoms with Crippen LogP contribution in [0.25, 0.3) is 0 Å². The molecule has 1 aromatic rings. The number of nitrogens with zero attached hydrogens (tertiary/aromatic N) is 2. The number of hydrogen-bond acceptors (Lipinski definition) is 3. The van der Waals surface area contributed by atoms with E-state index in [9.17, 15) is 0 Å². The molecule has 1 aromatic carbocycles. The van der Waals surface area contributed by atoms with E-state index in [0.717, 1.165) is 31.2 Å². The maximum absolute atomic E-state index is 6.08. The maximum Gasteiger partial charge on any atom is 0.0426 e. The maximum atomic E-state index is 6.08. The fourth-order valence-electron chi connectivity index (χ4n) is 2.88. The third-order valence-electron chi connectivity index (χ3n) is 4.83. The average molecular weight is 296 g/mol. The van der Waals surface area contributed by atoms with Crippen LogP contribution >= 0.6 is 11.6 Å². The van der Waals surface area contributed by atoms with Gasteiger partial charge in [-0.05, 0) is 31.0 Å². The molecule has 0 spiro atoms. The van der Waals surface area contributed by atoms with E-state index in [0.29, 0.717) is 12.5 Å². The lowest BCUT2D eigenvalue weighted by atomic mass is 9.86. The molecule has 2 N–H and O–H groups in total. The molecule has 0 saturated carbocycles. The van der Waals surface area contributed by atoms with E-state index in [1.165, 1.54) is 5.69 Å². The molecule has 1 heterocycles. The van der Waals surface area contributed by atoms with Crippen LogP contribution in [-0.2, 0) is 0 Å². The lowest BCUT2D eigenvalue weighted by Gasteiger charge is -2.48. The van der Waals surface area contributed by atoms with E-state index in [-0.39, 0.29) is 5.54 Å². The lowest BCUT2D eigenvalue weighted by Crippen LogP contribution is -2.61. The molecule has 1 saturated heterocycles. The van der Waals surface area contributed by atoms with Gasteiger partial charge in [-0.2, -0.15) is 0 Å². The second-order valence-corrected chi connectivity index (χ2v) is 6.61. The van der Waals surface area contributed by atoms with Gasteiger partial charge >= 0.3 is 0 Å². The van der Waals surface area contributed by atoms with Crippen molar-refractivity contribution < 1.29 is 0 Å². The number of halogens is 1. The van der Waals surface area contributed by atoms with Gasteiger partial charge in [0.1, 0.15) is 0 Å². The van der Waals surface area contributed by atoms with Crippen LogP contribution in [-0.4, -0.2) is 43.2 Å². The molecular formula is C16H26ClN3. The SMILES string of the molecule is CC(C)C(C)(CN)N1CCN(c2cccc(Cl)c2)CC1. The number of piperazine rings is 1. The zero-order valence-electron chi connectivity index (χ0n) is 12.8. The summed E-state index contributed by atoms with van der Waals surface area (Å²) in [6.07, 6.45) is 0. The molecule has 1 fully saturated rings. The summed E-state index contributed by atoms with van der Waals surface area (Å²) < 4.78 is 0. The van der Waals surface area contributed by atoms with E-state index in [4.69, 9.17) is 17.3 Å². The van der Waals surface area contributed by atoms with Crippen LogP contribution in [0.5, 0.6) is 0 Å². The first-order valence-electron chi connectivity index (χ1n) is 7.43. The van der Waals surface area contributed by atoms with E-state index in [1.54, 1.807) is 0 Å². The van der Waals surface area contributed by atoms with Gasteiger partial charge in [0.25, 0.3) is 0 Å². The molecule has 0 bridgehead atoms. The van der Waals surface area contributed by atoms with Crippen molar-refractivity contribution in [1.82, 2.24) is 4.90 Å². The first-order valence-corrected chi connectivity index (χ1v) is 7.81. The summed E-state index contributed by atoms with van der Waals surface area (Å²) in [6, 6.07) is 8.11. The molecule has 4 heteroatoms. The molecule has 1 aliphatic rings. The van der Waals surface area contributed by atoms with Gasteiger partial charge in [0.2, 0.25) is 0 Å². The minimum Gasteiger partial charge on any atom is -0.369 e. The molecule has 0 amide bonds. The Kier molecular flexibility index (Phi) is 4.95. The van der Waals surface area contributed by atoms with Gasteiger partial charge < -0.3 is 10.6 Å². The van der Waals surface area contributed by atoms with Crippen molar-refractivity contribution in [2.75, 3.05) is 37.6 Å². The number of hydrogen-bond donors (Lipinski definition) is 1. The van der Waals surface area contributed by atoms with Gasteiger partial charge in [-0.25, -0.2) is 0 Å². The molecule has 112 valence electrons. The normalized spacial score (nSPS) is 20.2. The van der Waals surface area contributed by atoms with Crippen molar-refractivity contribution in [3.8, 4) is 0 Å². The fraction of sp³-hybridized carbons (Fsp3) is 0.625. The third kappa shape index (κ3) is 3.11. The molecular weight excluding hydrogens is 270 g/mol. The van der Waals surface area contributed by atoms with E-state index in [1.807, 2.05) is 18.2 Å². The van der Waals surface area contributed by atoms with Crippen molar-refractivity contribution in [3.63, 3.8) is 0 Å². The fourth-order valence-corrected chi connectivity index (χ4v) is 3.06. The second kappa shape index (κ2) is 6.33. The van der Waals surface area contributed by atoms with Crippen LogP contribution in [0.4, 0.5) is 5.69 Å².